The summed E-state index contributed by atoms with van der Waals surface area (Å²) in [4.78, 5) is 6.20. The second-order valence-corrected chi connectivity index (χ2v) is 7.11. The number of fused-ring (bicyclic) bond motifs is 1. The Morgan fingerprint density at radius 3 is 2.60 bits per heavy atom. The lowest BCUT2D eigenvalue weighted by Gasteiger charge is -2.31. The van der Waals surface area contributed by atoms with Crippen LogP contribution in [0.1, 0.15) is 31.1 Å². The molecule has 1 atom stereocenters. The van der Waals surface area contributed by atoms with E-state index in [1.807, 2.05) is 18.2 Å². The standard InChI is InChI=1S/C18H18Cl2N4O/c19-13-9-14(11-21-10-13)24-16-5-4-12(8-15(16)17(20)22-24)18(25)23-6-2-1-3-7-23/h4-5,8-11,18,25H,1-3,6-7H2. The summed E-state index contributed by atoms with van der Waals surface area (Å²) in [5.41, 5.74) is 2.43. The Hall–Kier alpha value is -1.66. The van der Waals surface area contributed by atoms with Crippen LogP contribution in [-0.2, 0) is 0 Å². The molecule has 0 aliphatic carbocycles. The van der Waals surface area contributed by atoms with Crippen molar-refractivity contribution in [1.82, 2.24) is 19.7 Å². The van der Waals surface area contributed by atoms with E-state index in [0.29, 0.717) is 10.2 Å². The Bertz CT molecular complexity index is 905. The fourth-order valence-electron chi connectivity index (χ4n) is 3.35. The molecule has 1 aliphatic rings. The van der Waals surface area contributed by atoms with Crippen LogP contribution in [0.5, 0.6) is 0 Å². The molecule has 0 bridgehead atoms. The van der Waals surface area contributed by atoms with Gasteiger partial charge in [0.1, 0.15) is 6.23 Å². The highest BCUT2D eigenvalue weighted by atomic mass is 35.5. The summed E-state index contributed by atoms with van der Waals surface area (Å²) in [5, 5.41) is 16.8. The third-order valence-electron chi connectivity index (χ3n) is 4.63. The van der Waals surface area contributed by atoms with Crippen molar-refractivity contribution in [3.63, 3.8) is 0 Å². The molecule has 3 aromatic rings. The molecule has 0 amide bonds. The van der Waals surface area contributed by atoms with Crippen LogP contribution >= 0.6 is 23.2 Å². The smallest absolute Gasteiger partial charge is 0.159 e. The SMILES string of the molecule is OC(c1ccc2c(c1)c(Cl)nn2-c1cncc(Cl)c1)N1CCCCC1. The number of aliphatic hydroxyl groups is 1. The monoisotopic (exact) mass is 376 g/mol. The van der Waals surface area contributed by atoms with Gasteiger partial charge in [-0.3, -0.25) is 9.88 Å². The number of piperidine rings is 1. The zero-order valence-electron chi connectivity index (χ0n) is 13.6. The lowest BCUT2D eigenvalue weighted by molar-refractivity contribution is -0.00973. The van der Waals surface area contributed by atoms with Gasteiger partial charge in [-0.05, 0) is 36.6 Å². The number of halogens is 2. The molecular formula is C18H18Cl2N4O. The van der Waals surface area contributed by atoms with Crippen LogP contribution in [0.4, 0.5) is 0 Å². The molecule has 3 heterocycles. The number of aromatic nitrogens is 3. The summed E-state index contributed by atoms with van der Waals surface area (Å²) in [5.74, 6) is 0. The second-order valence-electron chi connectivity index (χ2n) is 6.31. The van der Waals surface area contributed by atoms with E-state index in [4.69, 9.17) is 23.2 Å². The number of hydrogen-bond donors (Lipinski definition) is 1. The van der Waals surface area contributed by atoms with Crippen molar-refractivity contribution >= 4 is 34.1 Å². The van der Waals surface area contributed by atoms with E-state index in [0.717, 1.165) is 48.1 Å². The van der Waals surface area contributed by atoms with Gasteiger partial charge in [-0.15, -0.1) is 0 Å². The van der Waals surface area contributed by atoms with Crippen LogP contribution in [0.25, 0.3) is 16.6 Å². The average Bonchev–Trinajstić information content (AvgIpc) is 2.98. The molecule has 1 saturated heterocycles. The average molecular weight is 377 g/mol. The van der Waals surface area contributed by atoms with Crippen molar-refractivity contribution in [2.45, 2.75) is 25.5 Å². The second kappa shape index (κ2) is 6.92. The highest BCUT2D eigenvalue weighted by Gasteiger charge is 2.21. The number of rotatable bonds is 3. The largest absolute Gasteiger partial charge is 0.374 e. The normalized spacial score (nSPS) is 17.1. The van der Waals surface area contributed by atoms with E-state index in [2.05, 4.69) is 15.0 Å². The van der Waals surface area contributed by atoms with Crippen molar-refractivity contribution < 1.29 is 5.11 Å². The summed E-state index contributed by atoms with van der Waals surface area (Å²) >= 11 is 12.4. The summed E-state index contributed by atoms with van der Waals surface area (Å²) in [6.07, 6.45) is 6.13. The van der Waals surface area contributed by atoms with Gasteiger partial charge in [0.25, 0.3) is 0 Å². The number of benzene rings is 1. The number of aliphatic hydroxyl groups excluding tert-OH is 1. The van der Waals surface area contributed by atoms with Crippen molar-refractivity contribution in [1.29, 1.82) is 0 Å². The Morgan fingerprint density at radius 1 is 1.04 bits per heavy atom. The Morgan fingerprint density at radius 2 is 1.84 bits per heavy atom. The molecule has 1 N–H and O–H groups in total. The maximum Gasteiger partial charge on any atom is 0.159 e. The molecule has 0 saturated carbocycles. The summed E-state index contributed by atoms with van der Waals surface area (Å²) in [6.45, 7) is 1.83. The van der Waals surface area contributed by atoms with Crippen molar-refractivity contribution in [2.24, 2.45) is 0 Å². The fourth-order valence-corrected chi connectivity index (χ4v) is 3.74. The molecule has 0 radical (unpaired) electrons. The summed E-state index contributed by atoms with van der Waals surface area (Å²) in [6, 6.07) is 7.55. The number of pyridine rings is 1. The highest BCUT2D eigenvalue weighted by molar-refractivity contribution is 6.34. The van der Waals surface area contributed by atoms with E-state index >= 15 is 0 Å². The molecule has 5 nitrogen and oxygen atoms in total. The van der Waals surface area contributed by atoms with E-state index in [1.54, 1.807) is 23.1 Å². The van der Waals surface area contributed by atoms with Crippen LogP contribution < -0.4 is 0 Å². The molecule has 0 spiro atoms. The van der Waals surface area contributed by atoms with Gasteiger partial charge in [0.05, 0.1) is 22.4 Å². The Kier molecular flexibility index (Phi) is 4.65. The highest BCUT2D eigenvalue weighted by Crippen LogP contribution is 2.30. The minimum Gasteiger partial charge on any atom is -0.374 e. The first kappa shape index (κ1) is 16.8. The van der Waals surface area contributed by atoms with E-state index < -0.39 is 6.23 Å². The van der Waals surface area contributed by atoms with Crippen LogP contribution in [0.15, 0.2) is 36.7 Å². The molecule has 1 unspecified atom stereocenters. The van der Waals surface area contributed by atoms with Crippen LogP contribution in [0.3, 0.4) is 0 Å². The van der Waals surface area contributed by atoms with E-state index in [-0.39, 0.29) is 0 Å². The predicted molar refractivity (Wildman–Crippen MR) is 99.3 cm³/mol. The number of hydrogen-bond acceptors (Lipinski definition) is 4. The fraction of sp³-hybridized carbons (Fsp3) is 0.333. The summed E-state index contributed by atoms with van der Waals surface area (Å²) in [7, 11) is 0. The third kappa shape index (κ3) is 3.25. The van der Waals surface area contributed by atoms with Crippen molar-refractivity contribution in [3.8, 4) is 5.69 Å². The van der Waals surface area contributed by atoms with Gasteiger partial charge in [0.2, 0.25) is 0 Å². The van der Waals surface area contributed by atoms with E-state index in [1.165, 1.54) is 6.42 Å². The molecule has 7 heteroatoms. The lowest BCUT2D eigenvalue weighted by atomic mass is 10.1. The first-order chi connectivity index (χ1) is 12.1. The minimum atomic E-state index is -0.614. The van der Waals surface area contributed by atoms with Crippen molar-refractivity contribution in [2.75, 3.05) is 13.1 Å². The molecule has 1 fully saturated rings. The zero-order chi connectivity index (χ0) is 17.4. The molecule has 1 aliphatic heterocycles. The lowest BCUT2D eigenvalue weighted by Crippen LogP contribution is -2.33. The third-order valence-corrected chi connectivity index (χ3v) is 5.11. The molecule has 25 heavy (non-hydrogen) atoms. The number of nitrogens with zero attached hydrogens (tertiary/aromatic N) is 4. The molecule has 2 aromatic heterocycles. The van der Waals surface area contributed by atoms with Gasteiger partial charge in [0, 0.05) is 24.7 Å². The Balaban J connectivity index is 1.73. The molecule has 130 valence electrons. The van der Waals surface area contributed by atoms with Crippen LogP contribution in [0, 0.1) is 0 Å². The zero-order valence-corrected chi connectivity index (χ0v) is 15.1. The van der Waals surface area contributed by atoms with Gasteiger partial charge in [0.15, 0.2) is 5.15 Å². The maximum atomic E-state index is 10.7. The van der Waals surface area contributed by atoms with Crippen molar-refractivity contribution in [3.05, 3.63) is 52.4 Å². The maximum absolute atomic E-state index is 10.7. The van der Waals surface area contributed by atoms with E-state index in [9.17, 15) is 5.11 Å². The number of likely N-dealkylation sites (tertiary alicyclic amines) is 1. The molecular weight excluding hydrogens is 359 g/mol. The predicted octanol–water partition coefficient (Wildman–Crippen LogP) is 4.20. The van der Waals surface area contributed by atoms with Gasteiger partial charge < -0.3 is 5.11 Å². The Labute approximate surface area is 155 Å². The van der Waals surface area contributed by atoms with Gasteiger partial charge in [-0.1, -0.05) is 35.7 Å². The molecule has 4 rings (SSSR count). The topological polar surface area (TPSA) is 54.2 Å². The van der Waals surface area contributed by atoms with Crippen LogP contribution in [0.2, 0.25) is 10.2 Å². The van der Waals surface area contributed by atoms with Gasteiger partial charge >= 0.3 is 0 Å². The van der Waals surface area contributed by atoms with Gasteiger partial charge in [-0.25, -0.2) is 4.68 Å². The minimum absolute atomic E-state index is 0.391. The van der Waals surface area contributed by atoms with Crippen LogP contribution in [-0.4, -0.2) is 37.9 Å². The molecule has 1 aromatic carbocycles. The quantitative estimate of drug-likeness (QED) is 0.743. The first-order valence-corrected chi connectivity index (χ1v) is 9.10. The summed E-state index contributed by atoms with van der Waals surface area (Å²) < 4.78 is 1.72. The van der Waals surface area contributed by atoms with Gasteiger partial charge in [-0.2, -0.15) is 5.10 Å². The first-order valence-electron chi connectivity index (χ1n) is 8.35.